The summed E-state index contributed by atoms with van der Waals surface area (Å²) >= 11 is 12.5. The normalized spacial score (nSPS) is 11.1. The lowest BCUT2D eigenvalue weighted by molar-refractivity contribution is -0.274. The number of ether oxygens (including phenoxy) is 1. The highest BCUT2D eigenvalue weighted by molar-refractivity contribution is 6.35. The molecule has 1 heterocycles. The van der Waals surface area contributed by atoms with Gasteiger partial charge < -0.3 is 20.7 Å². The number of nitrogens with two attached hydrogens (primary N) is 1. The number of para-hydroxylation sites is 2. The molecule has 2 aromatic carbocycles. The number of benzene rings is 2. The van der Waals surface area contributed by atoms with E-state index in [0.717, 1.165) is 6.07 Å². The Balaban J connectivity index is 1.96. The molecule has 0 unspecified atom stereocenters. The van der Waals surface area contributed by atoms with Crippen LogP contribution >= 0.6 is 23.2 Å². The zero-order valence-electron chi connectivity index (χ0n) is 16.6. The summed E-state index contributed by atoms with van der Waals surface area (Å²) in [6.45, 7) is -0.357. The highest BCUT2D eigenvalue weighted by atomic mass is 35.5. The Morgan fingerprint density at radius 2 is 1.79 bits per heavy atom. The summed E-state index contributed by atoms with van der Waals surface area (Å²) in [6.07, 6.45) is -3.50. The van der Waals surface area contributed by atoms with E-state index < -0.39 is 23.9 Å². The summed E-state index contributed by atoms with van der Waals surface area (Å²) in [5.41, 5.74) is 5.37. The molecule has 172 valence electrons. The Kier molecular flexibility index (Phi) is 7.29. The number of carbonyl (C=O) groups excluding carboxylic acids is 2. The van der Waals surface area contributed by atoms with Gasteiger partial charge in [-0.1, -0.05) is 35.3 Å². The van der Waals surface area contributed by atoms with Gasteiger partial charge in [0.05, 0.1) is 21.4 Å². The number of nitrogens with one attached hydrogen (secondary N) is 1. The summed E-state index contributed by atoms with van der Waals surface area (Å²) in [5, 5.41) is 2.71. The summed E-state index contributed by atoms with van der Waals surface area (Å²) in [6, 6.07) is 12.3. The average Bonchev–Trinajstić information content (AvgIpc) is 2.73. The predicted octanol–water partition coefficient (Wildman–Crippen LogP) is 5.16. The van der Waals surface area contributed by atoms with E-state index >= 15 is 0 Å². The Morgan fingerprint density at radius 1 is 1.06 bits per heavy atom. The third kappa shape index (κ3) is 6.27. The number of amides is 2. The van der Waals surface area contributed by atoms with Crippen molar-refractivity contribution < 1.29 is 27.5 Å². The smallest absolute Gasteiger partial charge is 0.404 e. The van der Waals surface area contributed by atoms with E-state index in [4.69, 9.17) is 28.9 Å². The average molecular weight is 499 g/mol. The number of aromatic nitrogens is 1. The van der Waals surface area contributed by atoms with Crippen LogP contribution < -0.4 is 20.7 Å². The first-order valence-electron chi connectivity index (χ1n) is 9.17. The van der Waals surface area contributed by atoms with Gasteiger partial charge >= 0.3 is 6.36 Å². The predicted molar refractivity (Wildman–Crippen MR) is 118 cm³/mol. The molecule has 0 fully saturated rings. The number of carbonyl (C=O) groups is 2. The fourth-order valence-electron chi connectivity index (χ4n) is 2.84. The third-order valence-electron chi connectivity index (χ3n) is 4.17. The number of alkyl halides is 3. The molecule has 3 aromatic rings. The Bertz CT molecular complexity index is 1190. The van der Waals surface area contributed by atoms with Gasteiger partial charge in [-0.15, -0.1) is 13.2 Å². The van der Waals surface area contributed by atoms with Crippen LogP contribution in [0.5, 0.6) is 5.75 Å². The Hall–Kier alpha value is -3.50. The van der Waals surface area contributed by atoms with E-state index in [2.05, 4.69) is 15.0 Å². The zero-order valence-corrected chi connectivity index (χ0v) is 18.1. The molecule has 0 aliphatic rings. The SMILES string of the molecule is NC(=O)CN(c1cc(C(=O)Nc2ccccc2OC(F)(F)F)ccc1Cl)c1ncccc1Cl. The van der Waals surface area contributed by atoms with Crippen molar-refractivity contribution in [3.63, 3.8) is 0 Å². The number of anilines is 3. The molecule has 7 nitrogen and oxygen atoms in total. The molecule has 3 N–H and O–H groups in total. The van der Waals surface area contributed by atoms with Crippen molar-refractivity contribution in [1.82, 2.24) is 4.98 Å². The van der Waals surface area contributed by atoms with Crippen LogP contribution in [0.4, 0.5) is 30.4 Å². The van der Waals surface area contributed by atoms with Crippen LogP contribution in [-0.4, -0.2) is 29.7 Å². The van der Waals surface area contributed by atoms with Crippen molar-refractivity contribution in [2.45, 2.75) is 6.36 Å². The first-order chi connectivity index (χ1) is 15.5. The van der Waals surface area contributed by atoms with E-state index in [1.807, 2.05) is 0 Å². The van der Waals surface area contributed by atoms with Crippen LogP contribution in [0.1, 0.15) is 10.4 Å². The number of hydrogen-bond donors (Lipinski definition) is 2. The maximum atomic E-state index is 12.8. The maximum Gasteiger partial charge on any atom is 0.573 e. The largest absolute Gasteiger partial charge is 0.573 e. The molecule has 0 bridgehead atoms. The highest BCUT2D eigenvalue weighted by Crippen LogP contribution is 2.35. The molecule has 33 heavy (non-hydrogen) atoms. The van der Waals surface area contributed by atoms with Crippen molar-refractivity contribution in [3.05, 3.63) is 76.4 Å². The van der Waals surface area contributed by atoms with Gasteiger partial charge in [0.2, 0.25) is 5.91 Å². The quantitative estimate of drug-likeness (QED) is 0.468. The molecule has 2 amide bonds. The van der Waals surface area contributed by atoms with E-state index in [-0.39, 0.29) is 39.3 Å². The molecule has 1 aromatic heterocycles. The number of nitrogens with zero attached hydrogens (tertiary/aromatic N) is 2. The lowest BCUT2D eigenvalue weighted by Gasteiger charge is -2.24. The standard InChI is InChI=1S/C21H15Cl2F3N4O3/c22-13-8-7-12(20(32)29-15-5-1-2-6-17(15)33-21(24,25)26)10-16(13)30(11-18(27)31)19-14(23)4-3-9-28-19/h1-10H,11H2,(H2,27,31)(H,29,32). The van der Waals surface area contributed by atoms with Crippen molar-refractivity contribution in [2.24, 2.45) is 5.73 Å². The van der Waals surface area contributed by atoms with Gasteiger partial charge in [0, 0.05) is 11.8 Å². The Morgan fingerprint density at radius 3 is 2.45 bits per heavy atom. The van der Waals surface area contributed by atoms with Crippen LogP contribution in [0.3, 0.4) is 0 Å². The van der Waals surface area contributed by atoms with Crippen LogP contribution in [-0.2, 0) is 4.79 Å². The molecular formula is C21H15Cl2F3N4O3. The summed E-state index contributed by atoms with van der Waals surface area (Å²) in [5.74, 6) is -1.89. The number of hydrogen-bond acceptors (Lipinski definition) is 5. The fourth-order valence-corrected chi connectivity index (χ4v) is 3.29. The van der Waals surface area contributed by atoms with Crippen LogP contribution in [0, 0.1) is 0 Å². The van der Waals surface area contributed by atoms with Gasteiger partial charge in [0.25, 0.3) is 5.91 Å². The summed E-state index contributed by atoms with van der Waals surface area (Å²) in [4.78, 5) is 29.9. The second-order valence-corrected chi connectivity index (χ2v) is 7.34. The highest BCUT2D eigenvalue weighted by Gasteiger charge is 2.32. The maximum absolute atomic E-state index is 12.8. The van der Waals surface area contributed by atoms with E-state index in [1.54, 1.807) is 12.1 Å². The van der Waals surface area contributed by atoms with E-state index in [1.165, 1.54) is 47.5 Å². The third-order valence-corrected chi connectivity index (χ3v) is 4.78. The molecule has 12 heteroatoms. The molecule has 0 radical (unpaired) electrons. The Labute approximate surface area is 195 Å². The minimum atomic E-state index is -4.94. The molecule has 0 atom stereocenters. The molecule has 3 rings (SSSR count). The van der Waals surface area contributed by atoms with Gasteiger partial charge in [-0.2, -0.15) is 0 Å². The van der Waals surface area contributed by atoms with Crippen LogP contribution in [0.15, 0.2) is 60.8 Å². The lowest BCUT2D eigenvalue weighted by Crippen LogP contribution is -2.31. The zero-order chi connectivity index (χ0) is 24.2. The van der Waals surface area contributed by atoms with Gasteiger partial charge in [-0.05, 0) is 42.5 Å². The number of halogens is 5. The number of pyridine rings is 1. The molecule has 0 aliphatic heterocycles. The second kappa shape index (κ2) is 9.97. The molecule has 0 aliphatic carbocycles. The molecule has 0 saturated heterocycles. The minimum absolute atomic E-state index is 0.0257. The van der Waals surface area contributed by atoms with Crippen LogP contribution in [0.25, 0.3) is 0 Å². The van der Waals surface area contributed by atoms with Crippen molar-refractivity contribution in [1.29, 1.82) is 0 Å². The first kappa shape index (κ1) is 24.1. The fraction of sp³-hybridized carbons (Fsp3) is 0.0952. The van der Waals surface area contributed by atoms with Gasteiger partial charge in [0.1, 0.15) is 6.54 Å². The van der Waals surface area contributed by atoms with Gasteiger partial charge in [0.15, 0.2) is 11.6 Å². The van der Waals surface area contributed by atoms with Crippen molar-refractivity contribution in [3.8, 4) is 5.75 Å². The number of rotatable bonds is 7. The van der Waals surface area contributed by atoms with Crippen molar-refractivity contribution in [2.75, 3.05) is 16.8 Å². The van der Waals surface area contributed by atoms with Gasteiger partial charge in [-0.25, -0.2) is 4.98 Å². The topological polar surface area (TPSA) is 97.6 Å². The number of primary amides is 1. The first-order valence-corrected chi connectivity index (χ1v) is 9.93. The van der Waals surface area contributed by atoms with E-state index in [0.29, 0.717) is 0 Å². The minimum Gasteiger partial charge on any atom is -0.404 e. The van der Waals surface area contributed by atoms with E-state index in [9.17, 15) is 22.8 Å². The monoisotopic (exact) mass is 498 g/mol. The lowest BCUT2D eigenvalue weighted by atomic mass is 10.1. The molecule has 0 saturated carbocycles. The van der Waals surface area contributed by atoms with Gasteiger partial charge in [-0.3, -0.25) is 9.59 Å². The molecule has 0 spiro atoms. The second-order valence-electron chi connectivity index (χ2n) is 6.53. The van der Waals surface area contributed by atoms with Crippen molar-refractivity contribution >= 4 is 52.2 Å². The summed E-state index contributed by atoms with van der Waals surface area (Å²) in [7, 11) is 0. The summed E-state index contributed by atoms with van der Waals surface area (Å²) < 4.78 is 41.9. The molecular weight excluding hydrogens is 484 g/mol. The van der Waals surface area contributed by atoms with Crippen LogP contribution in [0.2, 0.25) is 10.0 Å².